The number of hydrogen-bond acceptors (Lipinski definition) is 5. The zero-order chi connectivity index (χ0) is 31.1. The molecule has 0 atom stereocenters. The van der Waals surface area contributed by atoms with Gasteiger partial charge >= 0.3 is 12.4 Å². The van der Waals surface area contributed by atoms with E-state index in [1.807, 2.05) is 45.0 Å². The Labute approximate surface area is 250 Å². The van der Waals surface area contributed by atoms with Crippen molar-refractivity contribution in [3.05, 3.63) is 88.5 Å². The average Bonchev–Trinajstić information content (AvgIpc) is 3.27. The molecule has 0 bridgehead atoms. The number of aryl methyl sites for hydroxylation is 3. The number of nitrogens with two attached hydrogens (primary N) is 1. The smallest absolute Gasteiger partial charge is 0.406 e. The van der Waals surface area contributed by atoms with Crippen molar-refractivity contribution in [2.45, 2.75) is 33.6 Å². The first-order chi connectivity index (χ1) is 20.4. The van der Waals surface area contributed by atoms with E-state index in [1.165, 1.54) is 35.1 Å². The highest BCUT2D eigenvalue weighted by molar-refractivity contribution is 8.15. The number of thioether (sulfide) groups is 1. The first-order valence-corrected chi connectivity index (χ1v) is 14.1. The lowest BCUT2D eigenvalue weighted by molar-refractivity contribution is -0.274. The van der Waals surface area contributed by atoms with Gasteiger partial charge in [-0.05, 0) is 68.1 Å². The summed E-state index contributed by atoms with van der Waals surface area (Å²) in [7, 11) is 0. The summed E-state index contributed by atoms with van der Waals surface area (Å²) in [4.78, 5) is 39.0. The number of aliphatic imine (C=N–C) groups is 3. The molecule has 4 rings (SSSR count). The first kappa shape index (κ1) is 31.3. The molecule has 0 saturated carbocycles. The number of hydrogen-bond donors (Lipinski definition) is 2. The van der Waals surface area contributed by atoms with Gasteiger partial charge in [-0.15, -0.1) is 13.2 Å². The van der Waals surface area contributed by atoms with Crippen LogP contribution in [0.5, 0.6) is 5.75 Å². The number of amidine groups is 2. The zero-order valence-electron chi connectivity index (χ0n) is 23.6. The van der Waals surface area contributed by atoms with Crippen LogP contribution in [0.4, 0.5) is 29.3 Å². The topological polar surface area (TPSA) is 122 Å². The van der Waals surface area contributed by atoms with Crippen LogP contribution in [-0.2, 0) is 11.2 Å². The SMILES string of the molecule is Cc1cc(C)c(N2C(=O)CSC2=NC(=O)NCCc2ccc(C(N)=NC=Nc3ccc(OC(F)(F)F)cc3)cc2)c(C)c1. The number of urea groups is 1. The van der Waals surface area contributed by atoms with Gasteiger partial charge in [-0.3, -0.25) is 9.69 Å². The summed E-state index contributed by atoms with van der Waals surface area (Å²) in [6.07, 6.45) is -3.02. The predicted octanol–water partition coefficient (Wildman–Crippen LogP) is 5.96. The summed E-state index contributed by atoms with van der Waals surface area (Å²) in [6.45, 7) is 6.20. The molecular weight excluding hydrogens is 581 g/mol. The monoisotopic (exact) mass is 610 g/mol. The molecule has 1 heterocycles. The summed E-state index contributed by atoms with van der Waals surface area (Å²) < 4.78 is 40.6. The minimum absolute atomic E-state index is 0.116. The molecule has 43 heavy (non-hydrogen) atoms. The van der Waals surface area contributed by atoms with Crippen molar-refractivity contribution in [3.8, 4) is 5.75 Å². The highest BCUT2D eigenvalue weighted by atomic mass is 32.2. The molecule has 1 aliphatic rings. The molecule has 0 unspecified atom stereocenters. The standard InChI is InChI=1S/C30H29F3N6O3S/c1-18-14-19(2)26(20(3)15-18)39-25(40)16-43-29(39)38-28(41)35-13-12-21-4-6-22(7-5-21)27(34)37-17-36-23-8-10-24(11-9-23)42-30(31,32)33/h4-11,14-15,17H,12-13,16H2,1-3H3,(H,35,41)(H2,34,36,37). The lowest BCUT2D eigenvalue weighted by Gasteiger charge is -2.21. The van der Waals surface area contributed by atoms with E-state index in [2.05, 4.69) is 25.0 Å². The maximum atomic E-state index is 12.6. The summed E-state index contributed by atoms with van der Waals surface area (Å²) in [5.41, 5.74) is 11.7. The second kappa shape index (κ2) is 13.6. The summed E-state index contributed by atoms with van der Waals surface area (Å²) in [5, 5.41) is 3.13. The van der Waals surface area contributed by atoms with E-state index in [0.29, 0.717) is 29.4 Å². The van der Waals surface area contributed by atoms with Crippen molar-refractivity contribution >= 4 is 52.4 Å². The van der Waals surface area contributed by atoms with E-state index in [9.17, 15) is 22.8 Å². The Bertz CT molecular complexity index is 1560. The van der Waals surface area contributed by atoms with Gasteiger partial charge in [0.2, 0.25) is 5.91 Å². The van der Waals surface area contributed by atoms with Crippen molar-refractivity contribution in [2.24, 2.45) is 20.7 Å². The van der Waals surface area contributed by atoms with Crippen LogP contribution in [0.25, 0.3) is 0 Å². The molecule has 1 saturated heterocycles. The second-order valence-corrected chi connectivity index (χ2v) is 10.6. The van der Waals surface area contributed by atoms with Crippen LogP contribution in [0.2, 0.25) is 0 Å². The van der Waals surface area contributed by atoms with Crippen LogP contribution >= 0.6 is 11.8 Å². The Kier molecular flexibility index (Phi) is 9.86. The van der Waals surface area contributed by atoms with Gasteiger partial charge < -0.3 is 15.8 Å². The third-order valence-electron chi connectivity index (χ3n) is 6.24. The van der Waals surface area contributed by atoms with Gasteiger partial charge in [0.1, 0.15) is 17.9 Å². The Balaban J connectivity index is 1.29. The largest absolute Gasteiger partial charge is 0.573 e. The van der Waals surface area contributed by atoms with Crippen LogP contribution in [0, 0.1) is 20.8 Å². The molecule has 9 nitrogen and oxygen atoms in total. The van der Waals surface area contributed by atoms with E-state index in [1.54, 1.807) is 12.1 Å². The second-order valence-electron chi connectivity index (χ2n) is 9.64. The number of nitrogens with zero attached hydrogens (tertiary/aromatic N) is 4. The zero-order valence-corrected chi connectivity index (χ0v) is 24.4. The normalized spacial score (nSPS) is 15.0. The number of carbonyl (C=O) groups is 2. The Morgan fingerprint density at radius 3 is 2.35 bits per heavy atom. The van der Waals surface area contributed by atoms with Gasteiger partial charge in [0.25, 0.3) is 0 Å². The van der Waals surface area contributed by atoms with Crippen LogP contribution < -0.4 is 20.7 Å². The number of anilines is 1. The Hall–Kier alpha value is -4.65. The lowest BCUT2D eigenvalue weighted by Crippen LogP contribution is -2.32. The van der Waals surface area contributed by atoms with E-state index in [4.69, 9.17) is 5.73 Å². The van der Waals surface area contributed by atoms with Gasteiger partial charge in [-0.25, -0.2) is 14.8 Å². The molecule has 224 valence electrons. The molecule has 0 aromatic heterocycles. The van der Waals surface area contributed by atoms with Crippen LogP contribution in [0.15, 0.2) is 75.6 Å². The maximum Gasteiger partial charge on any atom is 0.573 e. The fourth-order valence-corrected chi connectivity index (χ4v) is 5.29. The number of alkyl halides is 3. The lowest BCUT2D eigenvalue weighted by atomic mass is 10.0. The Morgan fingerprint density at radius 1 is 1.07 bits per heavy atom. The molecule has 3 amide bonds. The fraction of sp³-hybridized carbons (Fsp3) is 0.233. The van der Waals surface area contributed by atoms with Crippen molar-refractivity contribution in [1.29, 1.82) is 0 Å². The minimum atomic E-state index is -4.76. The summed E-state index contributed by atoms with van der Waals surface area (Å²) in [6, 6.07) is 15.7. The van der Waals surface area contributed by atoms with Crippen LogP contribution in [0.1, 0.15) is 27.8 Å². The van der Waals surface area contributed by atoms with E-state index in [0.717, 1.165) is 40.1 Å². The molecule has 13 heteroatoms. The summed E-state index contributed by atoms with van der Waals surface area (Å²) >= 11 is 1.23. The number of ether oxygens (including phenoxy) is 1. The number of rotatable bonds is 8. The van der Waals surface area contributed by atoms with Crippen LogP contribution in [0.3, 0.4) is 0 Å². The van der Waals surface area contributed by atoms with Crippen molar-refractivity contribution in [3.63, 3.8) is 0 Å². The third-order valence-corrected chi connectivity index (χ3v) is 7.16. The molecule has 0 radical (unpaired) electrons. The first-order valence-electron chi connectivity index (χ1n) is 13.1. The van der Waals surface area contributed by atoms with Crippen molar-refractivity contribution < 1.29 is 27.5 Å². The third kappa shape index (κ3) is 8.67. The molecule has 0 spiro atoms. The maximum absolute atomic E-state index is 12.6. The van der Waals surface area contributed by atoms with Crippen molar-refractivity contribution in [2.75, 3.05) is 17.2 Å². The fourth-order valence-electron chi connectivity index (χ4n) is 4.44. The van der Waals surface area contributed by atoms with Crippen LogP contribution in [-0.4, -0.2) is 47.9 Å². The van der Waals surface area contributed by atoms with E-state index in [-0.39, 0.29) is 23.2 Å². The number of nitrogens with one attached hydrogen (secondary N) is 1. The van der Waals surface area contributed by atoms with Gasteiger partial charge in [-0.2, -0.15) is 4.99 Å². The molecule has 0 aliphatic carbocycles. The molecule has 1 fully saturated rings. The van der Waals surface area contributed by atoms with E-state index < -0.39 is 12.4 Å². The molecule has 3 N–H and O–H groups in total. The van der Waals surface area contributed by atoms with Gasteiger partial charge in [-0.1, -0.05) is 53.7 Å². The highest BCUT2D eigenvalue weighted by Crippen LogP contribution is 2.33. The van der Waals surface area contributed by atoms with Gasteiger partial charge in [0.05, 0.1) is 17.1 Å². The number of amides is 3. The molecule has 3 aromatic rings. The number of benzene rings is 3. The van der Waals surface area contributed by atoms with Gasteiger partial charge in [0.15, 0.2) is 5.17 Å². The summed E-state index contributed by atoms with van der Waals surface area (Å²) in [5.74, 6) is -0.0446. The highest BCUT2D eigenvalue weighted by Gasteiger charge is 2.32. The molecule has 3 aromatic carbocycles. The Morgan fingerprint density at radius 2 is 1.72 bits per heavy atom. The molecular formula is C30H29F3N6O3S. The number of carbonyl (C=O) groups excluding carboxylic acids is 2. The minimum Gasteiger partial charge on any atom is -0.406 e. The molecule has 1 aliphatic heterocycles. The predicted molar refractivity (Wildman–Crippen MR) is 164 cm³/mol. The van der Waals surface area contributed by atoms with Gasteiger partial charge in [0, 0.05) is 12.1 Å². The number of halogens is 3. The van der Waals surface area contributed by atoms with Crippen molar-refractivity contribution in [1.82, 2.24) is 5.32 Å². The quantitative estimate of drug-likeness (QED) is 0.241. The van der Waals surface area contributed by atoms with E-state index >= 15 is 0 Å². The average molecular weight is 611 g/mol.